The minimum absolute atomic E-state index is 0.00783. The monoisotopic (exact) mass is 388 g/mol. The van der Waals surface area contributed by atoms with E-state index >= 15 is 0 Å². The molecule has 154 valence electrons. The Labute approximate surface area is 167 Å². The second kappa shape index (κ2) is 8.13. The van der Waals surface area contributed by atoms with Gasteiger partial charge in [-0.2, -0.15) is 0 Å². The van der Waals surface area contributed by atoms with Crippen molar-refractivity contribution in [3.05, 3.63) is 12.7 Å². The molecule has 28 heavy (non-hydrogen) atoms. The van der Waals surface area contributed by atoms with E-state index in [0.29, 0.717) is 49.8 Å². The van der Waals surface area contributed by atoms with Crippen molar-refractivity contribution in [2.24, 2.45) is 17.8 Å². The van der Waals surface area contributed by atoms with Crippen molar-refractivity contribution in [1.29, 1.82) is 0 Å². The summed E-state index contributed by atoms with van der Waals surface area (Å²) in [4.78, 5) is 43.6. The lowest BCUT2D eigenvalue weighted by Crippen LogP contribution is -2.62. The highest BCUT2D eigenvalue weighted by molar-refractivity contribution is 5.80. The number of likely N-dealkylation sites (tertiary alicyclic amines) is 2. The highest BCUT2D eigenvalue weighted by atomic mass is 16.2. The van der Waals surface area contributed by atoms with E-state index in [9.17, 15) is 14.4 Å². The van der Waals surface area contributed by atoms with Crippen LogP contribution in [0.1, 0.15) is 38.5 Å². The molecule has 7 nitrogen and oxygen atoms in total. The minimum Gasteiger partial charge on any atom is -0.352 e. The third-order valence-electron chi connectivity index (χ3n) is 7.01. The number of amides is 4. The summed E-state index contributed by atoms with van der Waals surface area (Å²) in [6, 6.07) is 0.447. The van der Waals surface area contributed by atoms with Gasteiger partial charge in [-0.05, 0) is 43.9 Å². The number of carbonyl (C=O) groups excluding carboxylic acids is 3. The standard InChI is InChI=1S/C21H32N4O3/c1-2-8-22-20(27)16-6-9-23(10-7-16)21(28)24-12-15-11-17(14-24)18-4-3-5-19(26)25(18)13-15/h2,15-18H,1,3-14H2,(H,22,27)/t15-,17-,18-/m1/s1. The fourth-order valence-corrected chi connectivity index (χ4v) is 5.62. The van der Waals surface area contributed by atoms with Crippen molar-refractivity contribution in [1.82, 2.24) is 20.0 Å². The predicted molar refractivity (Wildman–Crippen MR) is 105 cm³/mol. The predicted octanol–water partition coefficient (Wildman–Crippen LogP) is 1.45. The molecule has 4 amide bonds. The summed E-state index contributed by atoms with van der Waals surface area (Å²) in [7, 11) is 0. The van der Waals surface area contributed by atoms with Crippen LogP contribution in [0.15, 0.2) is 12.7 Å². The van der Waals surface area contributed by atoms with Gasteiger partial charge >= 0.3 is 6.03 Å². The summed E-state index contributed by atoms with van der Waals surface area (Å²) < 4.78 is 0. The van der Waals surface area contributed by atoms with Crippen LogP contribution in [-0.2, 0) is 9.59 Å². The fourth-order valence-electron chi connectivity index (χ4n) is 5.62. The van der Waals surface area contributed by atoms with Crippen molar-refractivity contribution < 1.29 is 14.4 Å². The van der Waals surface area contributed by atoms with Gasteiger partial charge in [-0.25, -0.2) is 4.79 Å². The Hall–Kier alpha value is -2.05. The third-order valence-corrected chi connectivity index (χ3v) is 7.01. The topological polar surface area (TPSA) is 73.0 Å². The maximum Gasteiger partial charge on any atom is 0.320 e. The minimum atomic E-state index is -0.00783. The van der Waals surface area contributed by atoms with E-state index in [0.717, 1.165) is 51.7 Å². The lowest BCUT2D eigenvalue weighted by atomic mass is 9.76. The molecule has 0 aromatic rings. The summed E-state index contributed by atoms with van der Waals surface area (Å²) in [5, 5.41) is 2.86. The highest BCUT2D eigenvalue weighted by Gasteiger charge is 2.45. The molecule has 0 saturated carbocycles. The molecule has 4 saturated heterocycles. The van der Waals surface area contributed by atoms with Crippen LogP contribution in [0.2, 0.25) is 0 Å². The first-order valence-corrected chi connectivity index (χ1v) is 10.8. The Bertz CT molecular complexity index is 644. The van der Waals surface area contributed by atoms with E-state index in [4.69, 9.17) is 0 Å². The normalized spacial score (nSPS) is 30.6. The highest BCUT2D eigenvalue weighted by Crippen LogP contribution is 2.38. The van der Waals surface area contributed by atoms with Gasteiger partial charge in [-0.3, -0.25) is 9.59 Å². The molecule has 4 aliphatic rings. The number of carbonyl (C=O) groups is 3. The molecular formula is C21H32N4O3. The molecule has 4 heterocycles. The molecule has 4 fully saturated rings. The average Bonchev–Trinajstić information content (AvgIpc) is 2.72. The Morgan fingerprint density at radius 1 is 1.11 bits per heavy atom. The van der Waals surface area contributed by atoms with Gasteiger partial charge in [0, 0.05) is 57.6 Å². The van der Waals surface area contributed by atoms with Gasteiger partial charge in [-0.1, -0.05) is 6.08 Å². The second-order valence-corrected chi connectivity index (χ2v) is 8.85. The van der Waals surface area contributed by atoms with Gasteiger partial charge in [0.1, 0.15) is 0 Å². The second-order valence-electron chi connectivity index (χ2n) is 8.85. The summed E-state index contributed by atoms with van der Waals surface area (Å²) in [6.45, 7) is 7.74. The molecule has 0 aromatic heterocycles. The zero-order valence-corrected chi connectivity index (χ0v) is 16.6. The van der Waals surface area contributed by atoms with E-state index in [-0.39, 0.29) is 17.9 Å². The molecule has 0 spiro atoms. The SMILES string of the molecule is C=CCNC(=O)C1CCN(C(=O)N2C[C@H]3C[C@H](C2)[C@H]2CCCC(=O)N2C3)CC1. The molecule has 4 rings (SSSR count). The maximum atomic E-state index is 13.1. The number of fused-ring (bicyclic) bond motifs is 4. The van der Waals surface area contributed by atoms with Gasteiger partial charge in [0.25, 0.3) is 0 Å². The third kappa shape index (κ3) is 3.76. The van der Waals surface area contributed by atoms with Crippen molar-refractivity contribution in [3.63, 3.8) is 0 Å². The van der Waals surface area contributed by atoms with Gasteiger partial charge in [0.2, 0.25) is 11.8 Å². The van der Waals surface area contributed by atoms with E-state index in [1.54, 1.807) is 6.08 Å². The van der Waals surface area contributed by atoms with E-state index in [2.05, 4.69) is 16.8 Å². The van der Waals surface area contributed by atoms with Crippen LogP contribution in [0.5, 0.6) is 0 Å². The molecule has 7 heteroatoms. The van der Waals surface area contributed by atoms with Crippen LogP contribution in [-0.4, -0.2) is 77.9 Å². The first-order valence-electron chi connectivity index (χ1n) is 10.8. The molecule has 1 N–H and O–H groups in total. The first-order chi connectivity index (χ1) is 13.6. The van der Waals surface area contributed by atoms with Crippen molar-refractivity contribution >= 4 is 17.8 Å². The van der Waals surface area contributed by atoms with Gasteiger partial charge in [0.05, 0.1) is 0 Å². The fraction of sp³-hybridized carbons (Fsp3) is 0.762. The average molecular weight is 389 g/mol. The largest absolute Gasteiger partial charge is 0.352 e. The van der Waals surface area contributed by atoms with Crippen LogP contribution >= 0.6 is 0 Å². The van der Waals surface area contributed by atoms with Gasteiger partial charge in [0.15, 0.2) is 0 Å². The number of urea groups is 1. The molecule has 4 aliphatic heterocycles. The molecular weight excluding hydrogens is 356 g/mol. The zero-order chi connectivity index (χ0) is 19.7. The summed E-state index contributed by atoms with van der Waals surface area (Å²) in [6.07, 6.45) is 7.02. The van der Waals surface area contributed by atoms with Crippen LogP contribution in [0.25, 0.3) is 0 Å². The number of nitrogens with zero attached hydrogens (tertiary/aromatic N) is 3. The lowest BCUT2D eigenvalue weighted by Gasteiger charge is -2.53. The van der Waals surface area contributed by atoms with Crippen LogP contribution < -0.4 is 5.32 Å². The van der Waals surface area contributed by atoms with Gasteiger partial charge in [-0.15, -0.1) is 6.58 Å². The maximum absolute atomic E-state index is 13.1. The number of piperidine rings is 4. The molecule has 0 radical (unpaired) electrons. The van der Waals surface area contributed by atoms with E-state index < -0.39 is 0 Å². The lowest BCUT2D eigenvalue weighted by molar-refractivity contribution is -0.144. The van der Waals surface area contributed by atoms with Crippen molar-refractivity contribution in [2.45, 2.75) is 44.6 Å². The number of nitrogens with one attached hydrogen (secondary N) is 1. The summed E-state index contributed by atoms with van der Waals surface area (Å²) >= 11 is 0. The molecule has 2 bridgehead atoms. The zero-order valence-electron chi connectivity index (χ0n) is 16.6. The number of rotatable bonds is 3. The van der Waals surface area contributed by atoms with Crippen molar-refractivity contribution in [3.8, 4) is 0 Å². The Balaban J connectivity index is 1.32. The van der Waals surface area contributed by atoms with Crippen LogP contribution in [0.4, 0.5) is 4.79 Å². The Kier molecular flexibility index (Phi) is 5.60. The Morgan fingerprint density at radius 2 is 1.89 bits per heavy atom. The number of hydrogen-bond donors (Lipinski definition) is 1. The first kappa shape index (κ1) is 19.3. The molecule has 0 aliphatic carbocycles. The van der Waals surface area contributed by atoms with Crippen LogP contribution in [0, 0.1) is 17.8 Å². The van der Waals surface area contributed by atoms with Crippen molar-refractivity contribution in [2.75, 3.05) is 39.3 Å². The van der Waals surface area contributed by atoms with Crippen LogP contribution in [0.3, 0.4) is 0 Å². The smallest absolute Gasteiger partial charge is 0.320 e. The van der Waals surface area contributed by atoms with E-state index in [1.165, 1.54) is 0 Å². The summed E-state index contributed by atoms with van der Waals surface area (Å²) in [5.41, 5.74) is 0. The molecule has 3 atom stereocenters. The summed E-state index contributed by atoms with van der Waals surface area (Å²) in [5.74, 6) is 1.20. The molecule has 0 aromatic carbocycles. The van der Waals surface area contributed by atoms with E-state index in [1.807, 2.05) is 9.80 Å². The Morgan fingerprint density at radius 3 is 2.64 bits per heavy atom. The van der Waals surface area contributed by atoms with Gasteiger partial charge < -0.3 is 20.0 Å². The number of hydrogen-bond acceptors (Lipinski definition) is 3. The molecule has 0 unspecified atom stereocenters. The quantitative estimate of drug-likeness (QED) is 0.744.